The molecule has 5 heteroatoms. The van der Waals surface area contributed by atoms with Crippen molar-refractivity contribution in [1.82, 2.24) is 9.36 Å². The smallest absolute Gasteiger partial charge is 0.204 e. The highest BCUT2D eigenvalue weighted by Gasteiger charge is 2.06. The zero-order chi connectivity index (χ0) is 9.84. The Morgan fingerprint density at radius 3 is 2.77 bits per heavy atom. The number of rotatable bonds is 4. The minimum absolute atomic E-state index is 0.559. The van der Waals surface area contributed by atoms with E-state index in [0.717, 1.165) is 23.9 Å². The van der Waals surface area contributed by atoms with Crippen LogP contribution in [0.1, 0.15) is 19.2 Å². The first-order valence-electron chi connectivity index (χ1n) is 4.25. The Hall–Kier alpha value is -0.160. The monoisotopic (exact) mass is 263 g/mol. The first kappa shape index (κ1) is 10.9. The fourth-order valence-electron chi connectivity index (χ4n) is 0.908. The maximum atomic E-state index is 4.31. The summed E-state index contributed by atoms with van der Waals surface area (Å²) in [4.78, 5) is 7.01. The van der Waals surface area contributed by atoms with Crippen LogP contribution in [0.4, 0.5) is 5.13 Å². The zero-order valence-electron chi connectivity index (χ0n) is 8.12. The van der Waals surface area contributed by atoms with Crippen LogP contribution < -0.4 is 4.90 Å². The van der Waals surface area contributed by atoms with Gasteiger partial charge < -0.3 is 4.90 Å². The standard InChI is InChI=1S/C8H14BrN3S/c1-6(9)4-5-12(3)8-10-7(2)11-13-8/h6H,4-5H2,1-3H3. The number of alkyl halides is 1. The van der Waals surface area contributed by atoms with Crippen LogP contribution in [0.15, 0.2) is 0 Å². The average Bonchev–Trinajstić information content (AvgIpc) is 2.47. The lowest BCUT2D eigenvalue weighted by atomic mass is 10.3. The van der Waals surface area contributed by atoms with Gasteiger partial charge >= 0.3 is 0 Å². The van der Waals surface area contributed by atoms with Gasteiger partial charge in [0.25, 0.3) is 0 Å². The summed E-state index contributed by atoms with van der Waals surface area (Å²) >= 11 is 4.98. The van der Waals surface area contributed by atoms with Gasteiger partial charge in [-0.05, 0) is 13.3 Å². The molecule has 1 atom stereocenters. The predicted octanol–water partition coefficient (Wildman–Crippen LogP) is 2.46. The van der Waals surface area contributed by atoms with E-state index in [2.05, 4.69) is 44.2 Å². The van der Waals surface area contributed by atoms with Gasteiger partial charge in [-0.3, -0.25) is 0 Å². The molecule has 0 saturated heterocycles. The summed E-state index contributed by atoms with van der Waals surface area (Å²) in [6, 6.07) is 0. The molecule has 0 N–H and O–H groups in total. The van der Waals surface area contributed by atoms with Gasteiger partial charge in [0.05, 0.1) is 0 Å². The summed E-state index contributed by atoms with van der Waals surface area (Å²) in [5, 5.41) is 1.01. The maximum absolute atomic E-state index is 4.31. The lowest BCUT2D eigenvalue weighted by molar-refractivity contribution is 0.784. The van der Waals surface area contributed by atoms with E-state index < -0.39 is 0 Å². The molecule has 0 aliphatic rings. The molecule has 1 unspecified atom stereocenters. The first-order valence-corrected chi connectivity index (χ1v) is 5.94. The highest BCUT2D eigenvalue weighted by atomic mass is 79.9. The number of aryl methyl sites for hydroxylation is 1. The van der Waals surface area contributed by atoms with Crippen LogP contribution in [0.2, 0.25) is 0 Å². The molecular formula is C8H14BrN3S. The van der Waals surface area contributed by atoms with Crippen LogP contribution in [-0.2, 0) is 0 Å². The Labute approximate surface area is 91.5 Å². The van der Waals surface area contributed by atoms with Crippen LogP contribution in [0.5, 0.6) is 0 Å². The molecule has 0 aliphatic heterocycles. The van der Waals surface area contributed by atoms with Gasteiger partial charge in [-0.15, -0.1) is 0 Å². The number of nitrogens with zero attached hydrogens (tertiary/aromatic N) is 3. The lowest BCUT2D eigenvalue weighted by Crippen LogP contribution is -2.20. The summed E-state index contributed by atoms with van der Waals surface area (Å²) in [5.74, 6) is 0.860. The summed E-state index contributed by atoms with van der Waals surface area (Å²) in [5.41, 5.74) is 0. The van der Waals surface area contributed by atoms with E-state index in [1.807, 2.05) is 6.92 Å². The van der Waals surface area contributed by atoms with Crippen molar-refractivity contribution < 1.29 is 0 Å². The molecule has 1 rings (SSSR count). The lowest BCUT2D eigenvalue weighted by Gasteiger charge is -2.15. The molecule has 13 heavy (non-hydrogen) atoms. The third-order valence-corrected chi connectivity index (χ3v) is 3.09. The Bertz CT molecular complexity index is 262. The quantitative estimate of drug-likeness (QED) is 0.782. The van der Waals surface area contributed by atoms with Crippen molar-refractivity contribution in [2.75, 3.05) is 18.5 Å². The van der Waals surface area contributed by atoms with Crippen molar-refractivity contribution >= 4 is 32.6 Å². The molecule has 0 amide bonds. The second-order valence-electron chi connectivity index (χ2n) is 3.12. The second kappa shape index (κ2) is 4.91. The number of halogens is 1. The fourth-order valence-corrected chi connectivity index (χ4v) is 1.77. The first-order chi connectivity index (χ1) is 6.09. The summed E-state index contributed by atoms with van der Waals surface area (Å²) in [6.07, 6.45) is 1.12. The van der Waals surface area contributed by atoms with E-state index >= 15 is 0 Å². The normalized spacial score (nSPS) is 12.9. The Balaban J connectivity index is 2.44. The molecule has 0 aliphatic carbocycles. The number of anilines is 1. The van der Waals surface area contributed by atoms with Gasteiger partial charge in [-0.25, -0.2) is 4.98 Å². The molecule has 1 heterocycles. The van der Waals surface area contributed by atoms with E-state index in [1.54, 1.807) is 0 Å². The van der Waals surface area contributed by atoms with Gasteiger partial charge in [0.15, 0.2) is 0 Å². The van der Waals surface area contributed by atoms with E-state index in [0.29, 0.717) is 4.83 Å². The number of hydrogen-bond acceptors (Lipinski definition) is 4. The largest absolute Gasteiger partial charge is 0.350 e. The maximum Gasteiger partial charge on any atom is 0.204 e. The van der Waals surface area contributed by atoms with E-state index in [9.17, 15) is 0 Å². The van der Waals surface area contributed by atoms with E-state index in [-0.39, 0.29) is 0 Å². The summed E-state index contributed by atoms with van der Waals surface area (Å²) in [6.45, 7) is 5.08. The van der Waals surface area contributed by atoms with Gasteiger partial charge in [0, 0.05) is 30.0 Å². The van der Waals surface area contributed by atoms with Crippen LogP contribution in [-0.4, -0.2) is 27.8 Å². The Morgan fingerprint density at radius 1 is 1.62 bits per heavy atom. The van der Waals surface area contributed by atoms with Gasteiger partial charge in [-0.2, -0.15) is 4.37 Å². The second-order valence-corrected chi connectivity index (χ2v) is 5.41. The van der Waals surface area contributed by atoms with Crippen molar-refractivity contribution in [3.05, 3.63) is 5.82 Å². The molecule has 0 spiro atoms. The molecule has 0 fully saturated rings. The minimum Gasteiger partial charge on any atom is -0.350 e. The minimum atomic E-state index is 0.559. The van der Waals surface area contributed by atoms with Crippen LogP contribution in [0.3, 0.4) is 0 Å². The van der Waals surface area contributed by atoms with Crippen LogP contribution in [0, 0.1) is 6.92 Å². The van der Waals surface area contributed by atoms with Crippen molar-refractivity contribution in [2.45, 2.75) is 25.1 Å². The molecule has 0 aromatic carbocycles. The van der Waals surface area contributed by atoms with Crippen molar-refractivity contribution in [1.29, 1.82) is 0 Å². The topological polar surface area (TPSA) is 29.0 Å². The summed E-state index contributed by atoms with van der Waals surface area (Å²) in [7, 11) is 2.05. The predicted molar refractivity (Wildman–Crippen MR) is 60.9 cm³/mol. The van der Waals surface area contributed by atoms with Crippen molar-refractivity contribution in [3.8, 4) is 0 Å². The number of aromatic nitrogens is 2. The SMILES string of the molecule is Cc1nsc(N(C)CCC(C)Br)n1. The molecule has 3 nitrogen and oxygen atoms in total. The van der Waals surface area contributed by atoms with Crippen molar-refractivity contribution in [2.24, 2.45) is 0 Å². The zero-order valence-corrected chi connectivity index (χ0v) is 10.5. The fraction of sp³-hybridized carbons (Fsp3) is 0.750. The van der Waals surface area contributed by atoms with E-state index in [1.165, 1.54) is 11.5 Å². The molecular weight excluding hydrogens is 250 g/mol. The average molecular weight is 264 g/mol. The summed E-state index contributed by atoms with van der Waals surface area (Å²) < 4.78 is 4.14. The van der Waals surface area contributed by atoms with Crippen LogP contribution in [0.25, 0.3) is 0 Å². The molecule has 0 radical (unpaired) electrons. The number of hydrogen-bond donors (Lipinski definition) is 0. The highest BCUT2D eigenvalue weighted by molar-refractivity contribution is 9.09. The molecule has 1 aromatic heterocycles. The Kier molecular flexibility index (Phi) is 4.12. The molecule has 0 saturated carbocycles. The van der Waals surface area contributed by atoms with Gasteiger partial charge in [-0.1, -0.05) is 22.9 Å². The Morgan fingerprint density at radius 2 is 2.31 bits per heavy atom. The molecule has 74 valence electrons. The van der Waals surface area contributed by atoms with E-state index in [4.69, 9.17) is 0 Å². The third-order valence-electron chi connectivity index (χ3n) is 1.71. The molecule has 0 bridgehead atoms. The molecule has 1 aromatic rings. The van der Waals surface area contributed by atoms with Gasteiger partial charge in [0.2, 0.25) is 5.13 Å². The highest BCUT2D eigenvalue weighted by Crippen LogP contribution is 2.16. The van der Waals surface area contributed by atoms with Crippen molar-refractivity contribution in [3.63, 3.8) is 0 Å². The van der Waals surface area contributed by atoms with Crippen LogP contribution >= 0.6 is 27.5 Å². The van der Waals surface area contributed by atoms with Gasteiger partial charge in [0.1, 0.15) is 5.82 Å². The third kappa shape index (κ3) is 3.60.